The fraction of sp³-hybridized carbons (Fsp3) is 0.176. The van der Waals surface area contributed by atoms with E-state index in [1.807, 2.05) is 56.3 Å². The molecule has 0 atom stereocenters. The summed E-state index contributed by atoms with van der Waals surface area (Å²) in [6.07, 6.45) is 0. The zero-order valence-corrected chi connectivity index (χ0v) is 14.3. The van der Waals surface area contributed by atoms with Gasteiger partial charge in [0.05, 0.1) is 5.69 Å². The minimum atomic E-state index is -3.53. The van der Waals surface area contributed by atoms with E-state index >= 15 is 0 Å². The van der Waals surface area contributed by atoms with E-state index in [9.17, 15) is 8.42 Å². The average Bonchev–Trinajstić information content (AvgIpc) is 2.85. The number of hydrogen-bond donors (Lipinski definition) is 0. The lowest BCUT2D eigenvalue weighted by Crippen LogP contribution is -2.26. The molecule has 0 aliphatic rings. The van der Waals surface area contributed by atoms with Gasteiger partial charge in [-0.15, -0.1) is 11.3 Å². The van der Waals surface area contributed by atoms with Crippen LogP contribution < -0.4 is 4.31 Å². The minimum absolute atomic E-state index is 0.394. The SMILES string of the molecule is Cc1cc(S(=O)(=O)N(C)c2ccc3ccccc3c2)c(C)s1. The van der Waals surface area contributed by atoms with Gasteiger partial charge in [-0.2, -0.15) is 0 Å². The van der Waals surface area contributed by atoms with Crippen LogP contribution in [-0.2, 0) is 10.0 Å². The molecule has 0 saturated heterocycles. The van der Waals surface area contributed by atoms with Crippen molar-refractivity contribution in [2.24, 2.45) is 0 Å². The van der Waals surface area contributed by atoms with E-state index in [1.165, 1.54) is 15.6 Å². The molecule has 0 fully saturated rings. The second kappa shape index (κ2) is 5.41. The van der Waals surface area contributed by atoms with Crippen LogP contribution in [0.3, 0.4) is 0 Å². The molecule has 0 bridgehead atoms. The molecule has 22 heavy (non-hydrogen) atoms. The number of fused-ring (bicyclic) bond motifs is 1. The smallest absolute Gasteiger partial charge is 0.265 e. The third-order valence-corrected chi connectivity index (χ3v) is 6.74. The number of aryl methyl sites for hydroxylation is 2. The first-order chi connectivity index (χ1) is 10.4. The largest absolute Gasteiger partial charge is 0.269 e. The Hall–Kier alpha value is -1.85. The van der Waals surface area contributed by atoms with Crippen LogP contribution in [0.5, 0.6) is 0 Å². The van der Waals surface area contributed by atoms with Crippen molar-refractivity contribution in [3.05, 3.63) is 58.3 Å². The summed E-state index contributed by atoms with van der Waals surface area (Å²) in [6.45, 7) is 3.77. The summed E-state index contributed by atoms with van der Waals surface area (Å²) in [7, 11) is -1.92. The Kier molecular flexibility index (Phi) is 3.70. The zero-order valence-electron chi connectivity index (χ0n) is 12.7. The molecule has 0 unspecified atom stereocenters. The first-order valence-electron chi connectivity index (χ1n) is 6.94. The van der Waals surface area contributed by atoms with Gasteiger partial charge in [-0.3, -0.25) is 4.31 Å². The fourth-order valence-electron chi connectivity index (χ4n) is 2.52. The second-order valence-corrected chi connectivity index (χ2v) is 8.68. The molecule has 0 N–H and O–H groups in total. The fourth-order valence-corrected chi connectivity index (χ4v) is 5.23. The monoisotopic (exact) mass is 331 g/mol. The number of anilines is 1. The van der Waals surface area contributed by atoms with E-state index in [-0.39, 0.29) is 0 Å². The van der Waals surface area contributed by atoms with E-state index in [0.717, 1.165) is 20.5 Å². The molecular formula is C17H17NO2S2. The van der Waals surface area contributed by atoms with Crippen molar-refractivity contribution in [2.45, 2.75) is 18.7 Å². The Morgan fingerprint density at radius 3 is 2.27 bits per heavy atom. The zero-order chi connectivity index (χ0) is 15.9. The summed E-state index contributed by atoms with van der Waals surface area (Å²) in [5, 5.41) is 2.12. The molecule has 0 radical (unpaired) electrons. The van der Waals surface area contributed by atoms with Gasteiger partial charge in [0.25, 0.3) is 10.0 Å². The summed E-state index contributed by atoms with van der Waals surface area (Å²) >= 11 is 1.51. The normalized spacial score (nSPS) is 11.8. The highest BCUT2D eigenvalue weighted by Gasteiger charge is 2.24. The first kappa shape index (κ1) is 15.1. The lowest BCUT2D eigenvalue weighted by Gasteiger charge is -2.20. The lowest BCUT2D eigenvalue weighted by atomic mass is 10.1. The summed E-state index contributed by atoms with van der Waals surface area (Å²) in [5.41, 5.74) is 0.668. The molecule has 0 aliphatic carbocycles. The van der Waals surface area contributed by atoms with Crippen LogP contribution in [0.4, 0.5) is 5.69 Å². The standard InChI is InChI=1S/C17H17NO2S2/c1-12-10-17(13(2)21-12)22(19,20)18(3)16-9-8-14-6-4-5-7-15(14)11-16/h4-11H,1-3H3. The number of nitrogens with zero attached hydrogens (tertiary/aromatic N) is 1. The van der Waals surface area contributed by atoms with Crippen molar-refractivity contribution in [1.82, 2.24) is 0 Å². The summed E-state index contributed by atoms with van der Waals surface area (Å²) in [4.78, 5) is 2.22. The van der Waals surface area contributed by atoms with Gasteiger partial charge in [-0.25, -0.2) is 8.42 Å². The van der Waals surface area contributed by atoms with Gasteiger partial charge in [0.1, 0.15) is 4.90 Å². The Bertz CT molecular complexity index is 942. The van der Waals surface area contributed by atoms with E-state index in [4.69, 9.17) is 0 Å². The molecule has 0 spiro atoms. The van der Waals surface area contributed by atoms with Crippen LogP contribution in [0.15, 0.2) is 53.4 Å². The van der Waals surface area contributed by atoms with Crippen molar-refractivity contribution in [2.75, 3.05) is 11.4 Å². The number of benzene rings is 2. The average molecular weight is 331 g/mol. The molecule has 1 aromatic heterocycles. The van der Waals surface area contributed by atoms with Crippen molar-refractivity contribution in [3.8, 4) is 0 Å². The van der Waals surface area contributed by atoms with Crippen molar-refractivity contribution in [1.29, 1.82) is 0 Å². The predicted octanol–water partition coefficient (Wildman–Crippen LogP) is 4.34. The maximum absolute atomic E-state index is 12.8. The number of sulfonamides is 1. The van der Waals surface area contributed by atoms with E-state index < -0.39 is 10.0 Å². The van der Waals surface area contributed by atoms with Crippen molar-refractivity contribution >= 4 is 37.8 Å². The van der Waals surface area contributed by atoms with Crippen LogP contribution in [-0.4, -0.2) is 15.5 Å². The third-order valence-electron chi connectivity index (χ3n) is 3.73. The molecule has 3 aromatic rings. The maximum atomic E-state index is 12.8. The molecular weight excluding hydrogens is 314 g/mol. The molecule has 0 amide bonds. The first-order valence-corrected chi connectivity index (χ1v) is 9.20. The summed E-state index contributed by atoms with van der Waals surface area (Å²) in [5.74, 6) is 0. The number of thiophene rings is 1. The number of hydrogen-bond acceptors (Lipinski definition) is 3. The van der Waals surface area contributed by atoms with Crippen LogP contribution in [0.25, 0.3) is 10.8 Å². The van der Waals surface area contributed by atoms with Crippen molar-refractivity contribution in [3.63, 3.8) is 0 Å². The van der Waals surface area contributed by atoms with Crippen molar-refractivity contribution < 1.29 is 8.42 Å². The molecule has 114 valence electrons. The molecule has 1 heterocycles. The predicted molar refractivity (Wildman–Crippen MR) is 93.3 cm³/mol. The lowest BCUT2D eigenvalue weighted by molar-refractivity contribution is 0.594. The van der Waals surface area contributed by atoms with E-state index in [1.54, 1.807) is 13.1 Å². The molecule has 2 aromatic carbocycles. The second-order valence-electron chi connectivity index (χ2n) is 5.28. The highest BCUT2D eigenvalue weighted by atomic mass is 32.2. The molecule has 0 saturated carbocycles. The topological polar surface area (TPSA) is 37.4 Å². The minimum Gasteiger partial charge on any atom is -0.269 e. The number of rotatable bonds is 3. The van der Waals surface area contributed by atoms with Gasteiger partial charge in [-0.1, -0.05) is 30.3 Å². The van der Waals surface area contributed by atoms with E-state index in [2.05, 4.69) is 0 Å². The van der Waals surface area contributed by atoms with Gasteiger partial charge in [0.2, 0.25) is 0 Å². The van der Waals surface area contributed by atoms with Crippen LogP contribution in [0.1, 0.15) is 9.75 Å². The van der Waals surface area contributed by atoms with Gasteiger partial charge in [0, 0.05) is 16.8 Å². The van der Waals surface area contributed by atoms with Gasteiger partial charge in [0.15, 0.2) is 0 Å². The van der Waals surface area contributed by atoms with Crippen LogP contribution in [0.2, 0.25) is 0 Å². The third kappa shape index (κ3) is 2.51. The van der Waals surface area contributed by atoms with E-state index in [0.29, 0.717) is 10.6 Å². The van der Waals surface area contributed by atoms with Gasteiger partial charge >= 0.3 is 0 Å². The summed E-state index contributed by atoms with van der Waals surface area (Å²) in [6, 6.07) is 15.4. The molecule has 3 rings (SSSR count). The van der Waals surface area contributed by atoms with Crippen LogP contribution in [0, 0.1) is 13.8 Å². The molecule has 3 nitrogen and oxygen atoms in total. The maximum Gasteiger partial charge on any atom is 0.265 e. The highest BCUT2D eigenvalue weighted by molar-refractivity contribution is 7.93. The summed E-state index contributed by atoms with van der Waals surface area (Å²) < 4.78 is 27.0. The quantitative estimate of drug-likeness (QED) is 0.716. The van der Waals surface area contributed by atoms with Gasteiger partial charge < -0.3 is 0 Å². The highest BCUT2D eigenvalue weighted by Crippen LogP contribution is 2.30. The van der Waals surface area contributed by atoms with Crippen LogP contribution >= 0.6 is 11.3 Å². The molecule has 0 aliphatic heterocycles. The molecule has 5 heteroatoms. The van der Waals surface area contributed by atoms with Gasteiger partial charge in [-0.05, 0) is 42.8 Å². The Morgan fingerprint density at radius 1 is 0.955 bits per heavy atom. The Balaban J connectivity index is 2.08. The Morgan fingerprint density at radius 2 is 1.64 bits per heavy atom. The Labute approximate surface area is 134 Å².